The molecule has 0 aliphatic rings. The quantitative estimate of drug-likeness (QED) is 0.901. The standard InChI is InChI=1S/C14H17N3OS/c1-9(2)13(12-4-3-7-19-12)17-14(18)10-8-16-6-5-11(10)15/h3-9,13H,1-2H3,(H2,15,16)(H,17,18). The Hall–Kier alpha value is -1.88. The highest BCUT2D eigenvalue weighted by atomic mass is 32.1. The van der Waals surface area contributed by atoms with Crippen LogP contribution in [0.3, 0.4) is 0 Å². The van der Waals surface area contributed by atoms with Gasteiger partial charge in [-0.05, 0) is 23.4 Å². The molecule has 0 spiro atoms. The molecule has 19 heavy (non-hydrogen) atoms. The van der Waals surface area contributed by atoms with Crippen LogP contribution < -0.4 is 11.1 Å². The fourth-order valence-corrected chi connectivity index (χ4v) is 2.80. The van der Waals surface area contributed by atoms with Crippen LogP contribution in [-0.2, 0) is 0 Å². The molecule has 1 atom stereocenters. The van der Waals surface area contributed by atoms with Crippen LogP contribution in [0.1, 0.15) is 35.1 Å². The lowest BCUT2D eigenvalue weighted by Crippen LogP contribution is -2.31. The number of pyridine rings is 1. The third-order valence-corrected chi connectivity index (χ3v) is 3.86. The molecular formula is C14H17N3OS. The predicted octanol–water partition coefficient (Wildman–Crippen LogP) is 2.85. The van der Waals surface area contributed by atoms with Crippen molar-refractivity contribution in [2.24, 2.45) is 5.92 Å². The van der Waals surface area contributed by atoms with Crippen molar-refractivity contribution in [2.75, 3.05) is 5.73 Å². The van der Waals surface area contributed by atoms with Crippen LogP contribution >= 0.6 is 11.3 Å². The second-order valence-electron chi connectivity index (χ2n) is 4.67. The first-order valence-electron chi connectivity index (χ1n) is 6.13. The fraction of sp³-hybridized carbons (Fsp3) is 0.286. The monoisotopic (exact) mass is 275 g/mol. The molecule has 1 unspecified atom stereocenters. The second kappa shape index (κ2) is 5.84. The summed E-state index contributed by atoms with van der Waals surface area (Å²) in [6, 6.07) is 5.64. The normalized spacial score (nSPS) is 12.4. The van der Waals surface area contributed by atoms with Gasteiger partial charge < -0.3 is 11.1 Å². The minimum absolute atomic E-state index is 0.00731. The van der Waals surface area contributed by atoms with Crippen LogP contribution in [0, 0.1) is 5.92 Å². The number of nitrogens with one attached hydrogen (secondary N) is 1. The van der Waals surface area contributed by atoms with Gasteiger partial charge in [-0.15, -0.1) is 11.3 Å². The maximum atomic E-state index is 12.2. The van der Waals surface area contributed by atoms with Crippen LogP contribution in [0.2, 0.25) is 0 Å². The lowest BCUT2D eigenvalue weighted by Gasteiger charge is -2.21. The number of carbonyl (C=O) groups is 1. The summed E-state index contributed by atoms with van der Waals surface area (Å²) < 4.78 is 0. The van der Waals surface area contributed by atoms with Crippen molar-refractivity contribution in [3.63, 3.8) is 0 Å². The molecule has 100 valence electrons. The van der Waals surface area contributed by atoms with Gasteiger partial charge in [-0.25, -0.2) is 0 Å². The second-order valence-corrected chi connectivity index (χ2v) is 5.65. The summed E-state index contributed by atoms with van der Waals surface area (Å²) in [6.07, 6.45) is 3.07. The molecule has 0 bridgehead atoms. The van der Waals surface area contributed by atoms with Crippen LogP contribution in [0.25, 0.3) is 0 Å². The van der Waals surface area contributed by atoms with Gasteiger partial charge in [0.25, 0.3) is 5.91 Å². The van der Waals surface area contributed by atoms with E-state index >= 15 is 0 Å². The van der Waals surface area contributed by atoms with Gasteiger partial charge in [-0.1, -0.05) is 19.9 Å². The lowest BCUT2D eigenvalue weighted by atomic mass is 10.0. The molecule has 0 saturated heterocycles. The summed E-state index contributed by atoms with van der Waals surface area (Å²) in [5.41, 5.74) is 6.66. The van der Waals surface area contributed by atoms with Crippen molar-refractivity contribution >= 4 is 22.9 Å². The molecule has 2 heterocycles. The van der Waals surface area contributed by atoms with Crippen molar-refractivity contribution in [1.82, 2.24) is 10.3 Å². The van der Waals surface area contributed by atoms with E-state index in [1.165, 1.54) is 6.20 Å². The van der Waals surface area contributed by atoms with Gasteiger partial charge in [0.1, 0.15) is 0 Å². The first-order valence-corrected chi connectivity index (χ1v) is 7.01. The highest BCUT2D eigenvalue weighted by Crippen LogP contribution is 2.26. The largest absolute Gasteiger partial charge is 0.398 e. The Balaban J connectivity index is 2.19. The molecule has 0 saturated carbocycles. The van der Waals surface area contributed by atoms with E-state index in [9.17, 15) is 4.79 Å². The van der Waals surface area contributed by atoms with Crippen molar-refractivity contribution in [3.8, 4) is 0 Å². The first kappa shape index (κ1) is 13.5. The molecule has 0 radical (unpaired) electrons. The van der Waals surface area contributed by atoms with E-state index in [1.807, 2.05) is 17.5 Å². The third-order valence-electron chi connectivity index (χ3n) is 2.90. The van der Waals surface area contributed by atoms with E-state index in [-0.39, 0.29) is 11.9 Å². The van der Waals surface area contributed by atoms with Crippen LogP contribution in [0.4, 0.5) is 5.69 Å². The van der Waals surface area contributed by atoms with Gasteiger partial charge in [0, 0.05) is 23.0 Å². The Morgan fingerprint density at radius 3 is 2.79 bits per heavy atom. The number of nitrogens with two attached hydrogens (primary N) is 1. The molecule has 2 aromatic heterocycles. The highest BCUT2D eigenvalue weighted by molar-refractivity contribution is 7.10. The molecule has 0 aliphatic heterocycles. The summed E-state index contributed by atoms with van der Waals surface area (Å²) in [5.74, 6) is 0.123. The smallest absolute Gasteiger partial charge is 0.255 e. The Morgan fingerprint density at radius 2 is 2.21 bits per heavy atom. The molecule has 2 aromatic rings. The van der Waals surface area contributed by atoms with E-state index < -0.39 is 0 Å². The average Bonchev–Trinajstić information content (AvgIpc) is 2.89. The van der Waals surface area contributed by atoms with Crippen molar-refractivity contribution < 1.29 is 4.79 Å². The van der Waals surface area contributed by atoms with Crippen molar-refractivity contribution in [1.29, 1.82) is 0 Å². The molecule has 0 fully saturated rings. The Morgan fingerprint density at radius 1 is 1.42 bits per heavy atom. The number of amides is 1. The molecule has 2 rings (SSSR count). The zero-order valence-electron chi connectivity index (χ0n) is 11.0. The molecule has 4 nitrogen and oxygen atoms in total. The number of rotatable bonds is 4. The first-order chi connectivity index (χ1) is 9.09. The van der Waals surface area contributed by atoms with Gasteiger partial charge in [-0.3, -0.25) is 9.78 Å². The van der Waals surface area contributed by atoms with Crippen LogP contribution in [0.5, 0.6) is 0 Å². The van der Waals surface area contributed by atoms with Gasteiger partial charge in [-0.2, -0.15) is 0 Å². The molecule has 0 aliphatic carbocycles. The van der Waals surface area contributed by atoms with Gasteiger partial charge >= 0.3 is 0 Å². The van der Waals surface area contributed by atoms with Gasteiger partial charge in [0.2, 0.25) is 0 Å². The maximum Gasteiger partial charge on any atom is 0.255 e. The Bertz CT molecular complexity index is 552. The molecule has 0 aromatic carbocycles. The number of thiophene rings is 1. The number of anilines is 1. The van der Waals surface area contributed by atoms with E-state index in [2.05, 4.69) is 24.1 Å². The Kier molecular flexibility index (Phi) is 4.16. The summed E-state index contributed by atoms with van der Waals surface area (Å²) in [7, 11) is 0. The number of carbonyl (C=O) groups excluding carboxylic acids is 1. The van der Waals surface area contributed by atoms with Crippen molar-refractivity contribution in [3.05, 3.63) is 46.4 Å². The predicted molar refractivity (Wildman–Crippen MR) is 78.0 cm³/mol. The summed E-state index contributed by atoms with van der Waals surface area (Å²) in [6.45, 7) is 4.16. The van der Waals surface area contributed by atoms with E-state index in [4.69, 9.17) is 5.73 Å². The van der Waals surface area contributed by atoms with E-state index in [0.29, 0.717) is 17.2 Å². The number of hydrogen-bond donors (Lipinski definition) is 2. The molecule has 3 N–H and O–H groups in total. The molecular weight excluding hydrogens is 258 g/mol. The lowest BCUT2D eigenvalue weighted by molar-refractivity contribution is 0.0927. The van der Waals surface area contributed by atoms with Crippen LogP contribution in [0.15, 0.2) is 36.0 Å². The summed E-state index contributed by atoms with van der Waals surface area (Å²) in [5, 5.41) is 5.04. The molecule has 5 heteroatoms. The zero-order valence-corrected chi connectivity index (χ0v) is 11.8. The average molecular weight is 275 g/mol. The number of nitrogens with zero attached hydrogens (tertiary/aromatic N) is 1. The van der Waals surface area contributed by atoms with E-state index in [1.54, 1.807) is 23.6 Å². The summed E-state index contributed by atoms with van der Waals surface area (Å²) in [4.78, 5) is 17.3. The third kappa shape index (κ3) is 3.12. The minimum Gasteiger partial charge on any atom is -0.398 e. The minimum atomic E-state index is -0.183. The summed E-state index contributed by atoms with van der Waals surface area (Å²) >= 11 is 1.64. The topological polar surface area (TPSA) is 68.0 Å². The molecule has 1 amide bonds. The maximum absolute atomic E-state index is 12.2. The highest BCUT2D eigenvalue weighted by Gasteiger charge is 2.21. The van der Waals surface area contributed by atoms with Gasteiger partial charge in [0.15, 0.2) is 0 Å². The number of nitrogen functional groups attached to an aromatic ring is 1. The number of aromatic nitrogens is 1. The fourth-order valence-electron chi connectivity index (χ4n) is 1.85. The zero-order chi connectivity index (χ0) is 13.8. The number of hydrogen-bond acceptors (Lipinski definition) is 4. The van der Waals surface area contributed by atoms with E-state index in [0.717, 1.165) is 4.88 Å². The Labute approximate surface area is 116 Å². The van der Waals surface area contributed by atoms with Crippen LogP contribution in [-0.4, -0.2) is 10.9 Å². The van der Waals surface area contributed by atoms with Gasteiger partial charge in [0.05, 0.1) is 11.6 Å². The SMILES string of the molecule is CC(C)C(NC(=O)c1cnccc1N)c1cccs1. The van der Waals surface area contributed by atoms with Crippen molar-refractivity contribution in [2.45, 2.75) is 19.9 Å².